The van der Waals surface area contributed by atoms with Gasteiger partial charge in [-0.25, -0.2) is 0 Å². The first-order valence-electron chi connectivity index (χ1n) is 3.91. The normalized spacial score (nSPS) is 16.6. The minimum Gasteiger partial charge on any atom is -0.490 e. The average molecular weight is 181 g/mol. The van der Waals surface area contributed by atoms with Crippen LogP contribution in [0.1, 0.15) is 13.3 Å². The van der Waals surface area contributed by atoms with Gasteiger partial charge in [0.05, 0.1) is 12.0 Å². The number of methoxy groups -OCH3 is 1. The Balaban J connectivity index is 3.15. The predicted molar refractivity (Wildman–Crippen MR) is 48.5 cm³/mol. The van der Waals surface area contributed by atoms with E-state index in [9.17, 15) is 10.1 Å². The molecule has 0 radical (unpaired) electrons. The van der Waals surface area contributed by atoms with Crippen LogP contribution in [0.2, 0.25) is 0 Å². The molecule has 1 rings (SSSR count). The van der Waals surface area contributed by atoms with Crippen molar-refractivity contribution in [1.82, 2.24) is 0 Å². The van der Waals surface area contributed by atoms with Gasteiger partial charge in [-0.1, -0.05) is 11.6 Å². The molecule has 0 N–H and O–H groups in total. The molecule has 0 atom stereocenters. The zero-order valence-electron chi connectivity index (χ0n) is 7.61. The SMILES string of the molecule is COC1=C([N+](=O)[O-])C=CCC(C)=C1. The van der Waals surface area contributed by atoms with Gasteiger partial charge in [0, 0.05) is 6.08 Å². The van der Waals surface area contributed by atoms with Gasteiger partial charge in [0.2, 0.25) is 0 Å². The van der Waals surface area contributed by atoms with Crippen LogP contribution in [0, 0.1) is 10.1 Å². The topological polar surface area (TPSA) is 52.4 Å². The fourth-order valence-electron chi connectivity index (χ4n) is 1.11. The second kappa shape index (κ2) is 3.89. The summed E-state index contributed by atoms with van der Waals surface area (Å²) in [5, 5.41) is 10.6. The molecule has 0 saturated carbocycles. The number of nitro groups is 1. The van der Waals surface area contributed by atoms with Crippen molar-refractivity contribution in [3.05, 3.63) is 45.4 Å². The van der Waals surface area contributed by atoms with Crippen LogP contribution in [0.15, 0.2) is 35.3 Å². The largest absolute Gasteiger partial charge is 0.490 e. The Morgan fingerprint density at radius 2 is 2.31 bits per heavy atom. The number of ether oxygens (including phenoxy) is 1. The Morgan fingerprint density at radius 3 is 2.85 bits per heavy atom. The number of nitrogens with zero attached hydrogens (tertiary/aromatic N) is 1. The standard InChI is InChI=1S/C9H11NO3/c1-7-4-3-5-8(10(11)12)9(6-7)13-2/h3,5-6H,4H2,1-2H3. The van der Waals surface area contributed by atoms with Crippen molar-refractivity contribution in [2.75, 3.05) is 7.11 Å². The van der Waals surface area contributed by atoms with E-state index in [2.05, 4.69) is 0 Å². The van der Waals surface area contributed by atoms with Gasteiger partial charge < -0.3 is 4.74 Å². The van der Waals surface area contributed by atoms with E-state index < -0.39 is 4.92 Å². The molecule has 0 saturated heterocycles. The highest BCUT2D eigenvalue weighted by molar-refractivity contribution is 5.30. The molecule has 0 amide bonds. The van der Waals surface area contributed by atoms with E-state index in [1.807, 2.05) is 6.92 Å². The summed E-state index contributed by atoms with van der Waals surface area (Å²) in [4.78, 5) is 10.1. The van der Waals surface area contributed by atoms with Crippen LogP contribution >= 0.6 is 0 Å². The molecule has 4 nitrogen and oxygen atoms in total. The summed E-state index contributed by atoms with van der Waals surface area (Å²) in [6.07, 6.45) is 5.66. The molecule has 0 aromatic rings. The molecule has 0 spiro atoms. The van der Waals surface area contributed by atoms with Crippen LogP contribution in [0.3, 0.4) is 0 Å². The first-order chi connectivity index (χ1) is 6.15. The Kier molecular flexibility index (Phi) is 2.84. The molecule has 0 aromatic heterocycles. The molecule has 0 aromatic carbocycles. The molecular formula is C9H11NO3. The number of rotatable bonds is 2. The van der Waals surface area contributed by atoms with E-state index >= 15 is 0 Å². The van der Waals surface area contributed by atoms with Gasteiger partial charge in [0.1, 0.15) is 0 Å². The lowest BCUT2D eigenvalue weighted by atomic mass is 10.2. The van der Waals surface area contributed by atoms with Crippen molar-refractivity contribution in [3.63, 3.8) is 0 Å². The number of allylic oxidation sites excluding steroid dienone is 4. The van der Waals surface area contributed by atoms with Crippen molar-refractivity contribution in [2.24, 2.45) is 0 Å². The van der Waals surface area contributed by atoms with Gasteiger partial charge in [-0.3, -0.25) is 10.1 Å². The van der Waals surface area contributed by atoms with Gasteiger partial charge in [0.15, 0.2) is 5.76 Å². The smallest absolute Gasteiger partial charge is 0.310 e. The van der Waals surface area contributed by atoms with Crippen molar-refractivity contribution >= 4 is 0 Å². The predicted octanol–water partition coefficient (Wildman–Crippen LogP) is 2.03. The summed E-state index contributed by atoms with van der Waals surface area (Å²) in [7, 11) is 1.43. The van der Waals surface area contributed by atoms with E-state index in [0.29, 0.717) is 5.76 Å². The molecular weight excluding hydrogens is 170 g/mol. The molecule has 70 valence electrons. The number of hydrogen-bond acceptors (Lipinski definition) is 3. The Hall–Kier alpha value is -1.58. The lowest BCUT2D eigenvalue weighted by Gasteiger charge is -1.99. The minimum atomic E-state index is -0.440. The van der Waals surface area contributed by atoms with E-state index in [-0.39, 0.29) is 5.70 Å². The second-order valence-electron chi connectivity index (χ2n) is 2.81. The fraction of sp³-hybridized carbons (Fsp3) is 0.333. The van der Waals surface area contributed by atoms with Crippen molar-refractivity contribution in [3.8, 4) is 0 Å². The van der Waals surface area contributed by atoms with Gasteiger partial charge in [-0.2, -0.15) is 0 Å². The monoisotopic (exact) mass is 181 g/mol. The van der Waals surface area contributed by atoms with E-state index in [1.54, 1.807) is 12.2 Å². The Bertz CT molecular complexity index is 313. The van der Waals surface area contributed by atoms with Crippen LogP contribution in [0.4, 0.5) is 0 Å². The van der Waals surface area contributed by atoms with Crippen LogP contribution in [-0.4, -0.2) is 12.0 Å². The summed E-state index contributed by atoms with van der Waals surface area (Å²) in [5.41, 5.74) is 1.06. The lowest BCUT2D eigenvalue weighted by molar-refractivity contribution is -0.421. The third kappa shape index (κ3) is 2.18. The van der Waals surface area contributed by atoms with Crippen molar-refractivity contribution in [2.45, 2.75) is 13.3 Å². The van der Waals surface area contributed by atoms with Gasteiger partial charge in [-0.15, -0.1) is 0 Å². The Morgan fingerprint density at radius 1 is 1.62 bits per heavy atom. The summed E-state index contributed by atoms with van der Waals surface area (Å²) >= 11 is 0. The molecule has 0 aliphatic heterocycles. The third-order valence-corrected chi connectivity index (χ3v) is 1.76. The van der Waals surface area contributed by atoms with E-state index in [0.717, 1.165) is 12.0 Å². The van der Waals surface area contributed by atoms with Crippen molar-refractivity contribution in [1.29, 1.82) is 0 Å². The highest BCUT2D eigenvalue weighted by Crippen LogP contribution is 2.17. The lowest BCUT2D eigenvalue weighted by Crippen LogP contribution is -2.00. The fourth-order valence-corrected chi connectivity index (χ4v) is 1.11. The summed E-state index contributed by atoms with van der Waals surface area (Å²) in [6, 6.07) is 0. The van der Waals surface area contributed by atoms with E-state index in [4.69, 9.17) is 4.74 Å². The maximum atomic E-state index is 10.6. The van der Waals surface area contributed by atoms with E-state index in [1.165, 1.54) is 13.2 Å². The summed E-state index contributed by atoms with van der Waals surface area (Å²) < 4.78 is 4.93. The summed E-state index contributed by atoms with van der Waals surface area (Å²) in [5.74, 6) is 0.316. The molecule has 1 aliphatic rings. The van der Waals surface area contributed by atoms with Crippen LogP contribution in [0.5, 0.6) is 0 Å². The molecule has 0 bridgehead atoms. The van der Waals surface area contributed by atoms with Gasteiger partial charge in [-0.05, 0) is 19.4 Å². The van der Waals surface area contributed by atoms with Gasteiger partial charge >= 0.3 is 5.70 Å². The minimum absolute atomic E-state index is 0.0133. The van der Waals surface area contributed by atoms with Crippen LogP contribution in [-0.2, 0) is 4.74 Å². The number of hydrogen-bond donors (Lipinski definition) is 0. The molecule has 13 heavy (non-hydrogen) atoms. The molecule has 4 heteroatoms. The Labute approximate surface area is 76.4 Å². The zero-order chi connectivity index (χ0) is 9.84. The van der Waals surface area contributed by atoms with Crippen LogP contribution < -0.4 is 0 Å². The van der Waals surface area contributed by atoms with Crippen LogP contribution in [0.25, 0.3) is 0 Å². The summed E-state index contributed by atoms with van der Waals surface area (Å²) in [6.45, 7) is 1.91. The maximum Gasteiger partial charge on any atom is 0.310 e. The van der Waals surface area contributed by atoms with Crippen molar-refractivity contribution < 1.29 is 9.66 Å². The van der Waals surface area contributed by atoms with Gasteiger partial charge in [0.25, 0.3) is 0 Å². The first-order valence-corrected chi connectivity index (χ1v) is 3.91. The quantitative estimate of drug-likeness (QED) is 0.483. The molecule has 0 fully saturated rings. The molecule has 1 aliphatic carbocycles. The second-order valence-corrected chi connectivity index (χ2v) is 2.81. The first kappa shape index (κ1) is 9.51. The highest BCUT2D eigenvalue weighted by Gasteiger charge is 2.16. The molecule has 0 unspecified atom stereocenters. The molecule has 0 heterocycles. The average Bonchev–Trinajstić information content (AvgIpc) is 2.26. The zero-order valence-corrected chi connectivity index (χ0v) is 7.61. The maximum absolute atomic E-state index is 10.6. The highest BCUT2D eigenvalue weighted by atomic mass is 16.6. The third-order valence-electron chi connectivity index (χ3n) is 1.76.